The van der Waals surface area contributed by atoms with E-state index in [0.29, 0.717) is 11.4 Å². The predicted molar refractivity (Wildman–Crippen MR) is 52.8 cm³/mol. The van der Waals surface area contributed by atoms with Crippen molar-refractivity contribution in [2.75, 3.05) is 0 Å². The molecule has 6 nitrogen and oxygen atoms in total. The Bertz CT molecular complexity index is 493. The molecule has 0 N–H and O–H groups in total. The molecular weight excluding hydrogens is 196 g/mol. The Balaban J connectivity index is 2.47. The quantitative estimate of drug-likeness (QED) is 0.548. The van der Waals surface area contributed by atoms with Crippen molar-refractivity contribution < 1.29 is 4.92 Å². The number of hydrogen-bond donors (Lipinski definition) is 0. The van der Waals surface area contributed by atoms with Crippen molar-refractivity contribution in [3.05, 3.63) is 46.4 Å². The molecular formula is C9H8N4O2. The molecule has 2 aromatic heterocycles. The van der Waals surface area contributed by atoms with Crippen LogP contribution < -0.4 is 0 Å². The summed E-state index contributed by atoms with van der Waals surface area (Å²) in [5, 5.41) is 14.5. The van der Waals surface area contributed by atoms with Crippen LogP contribution in [-0.4, -0.2) is 19.7 Å². The van der Waals surface area contributed by atoms with Gasteiger partial charge in [0, 0.05) is 18.0 Å². The fraction of sp³-hybridized carbons (Fsp3) is 0.111. The molecule has 76 valence electrons. The molecule has 0 saturated carbocycles. The second kappa shape index (κ2) is 3.49. The van der Waals surface area contributed by atoms with Gasteiger partial charge in [-0.2, -0.15) is 5.10 Å². The summed E-state index contributed by atoms with van der Waals surface area (Å²) in [6.45, 7) is 1.67. The van der Waals surface area contributed by atoms with Gasteiger partial charge in [-0.25, -0.2) is 9.67 Å². The highest BCUT2D eigenvalue weighted by atomic mass is 16.6. The van der Waals surface area contributed by atoms with E-state index >= 15 is 0 Å². The molecule has 0 spiro atoms. The van der Waals surface area contributed by atoms with E-state index in [1.807, 2.05) is 0 Å². The van der Waals surface area contributed by atoms with Crippen LogP contribution in [0, 0.1) is 17.0 Å². The molecule has 0 aromatic carbocycles. The third-order valence-electron chi connectivity index (χ3n) is 2.00. The summed E-state index contributed by atoms with van der Waals surface area (Å²) in [4.78, 5) is 14.1. The van der Waals surface area contributed by atoms with Crippen LogP contribution in [0.1, 0.15) is 5.56 Å². The lowest BCUT2D eigenvalue weighted by atomic mass is 10.2. The van der Waals surface area contributed by atoms with Gasteiger partial charge in [-0.1, -0.05) is 0 Å². The van der Waals surface area contributed by atoms with Gasteiger partial charge >= 0.3 is 0 Å². The lowest BCUT2D eigenvalue weighted by Gasteiger charge is -2.01. The predicted octanol–water partition coefficient (Wildman–Crippen LogP) is 1.48. The zero-order chi connectivity index (χ0) is 10.8. The van der Waals surface area contributed by atoms with Crippen LogP contribution in [0.5, 0.6) is 0 Å². The van der Waals surface area contributed by atoms with Crippen LogP contribution in [0.3, 0.4) is 0 Å². The second-order valence-electron chi connectivity index (χ2n) is 3.04. The molecule has 2 heterocycles. The number of rotatable bonds is 2. The SMILES string of the molecule is Cc1cc(-n2cccn2)ncc1[N+](=O)[O-]. The van der Waals surface area contributed by atoms with Crippen LogP contribution in [0.2, 0.25) is 0 Å². The van der Waals surface area contributed by atoms with E-state index in [1.165, 1.54) is 6.20 Å². The van der Waals surface area contributed by atoms with E-state index in [9.17, 15) is 10.1 Å². The molecule has 2 rings (SSSR count). The molecule has 15 heavy (non-hydrogen) atoms. The lowest BCUT2D eigenvalue weighted by Crippen LogP contribution is -2.00. The van der Waals surface area contributed by atoms with Gasteiger partial charge in [-0.15, -0.1) is 0 Å². The van der Waals surface area contributed by atoms with E-state index in [2.05, 4.69) is 10.1 Å². The van der Waals surface area contributed by atoms with Crippen LogP contribution in [0.15, 0.2) is 30.7 Å². The minimum Gasteiger partial charge on any atom is -0.258 e. The van der Waals surface area contributed by atoms with Crippen molar-refractivity contribution in [3.63, 3.8) is 0 Å². The van der Waals surface area contributed by atoms with Crippen LogP contribution >= 0.6 is 0 Å². The smallest absolute Gasteiger partial charge is 0.258 e. The van der Waals surface area contributed by atoms with Gasteiger partial charge < -0.3 is 0 Å². The highest BCUT2D eigenvalue weighted by molar-refractivity contribution is 5.41. The molecule has 0 fully saturated rings. The van der Waals surface area contributed by atoms with E-state index in [4.69, 9.17) is 0 Å². The molecule has 0 amide bonds. The van der Waals surface area contributed by atoms with Gasteiger partial charge in [0.1, 0.15) is 6.20 Å². The Morgan fingerprint density at radius 1 is 1.53 bits per heavy atom. The molecule has 0 aliphatic rings. The highest BCUT2D eigenvalue weighted by Crippen LogP contribution is 2.17. The maximum Gasteiger partial charge on any atom is 0.290 e. The summed E-state index contributed by atoms with van der Waals surface area (Å²) in [5.74, 6) is 0.572. The Kier molecular flexibility index (Phi) is 2.17. The van der Waals surface area contributed by atoms with Gasteiger partial charge in [-0.05, 0) is 19.1 Å². The molecule has 0 atom stereocenters. The second-order valence-corrected chi connectivity index (χ2v) is 3.04. The summed E-state index contributed by atoms with van der Waals surface area (Å²) in [6.07, 6.45) is 4.60. The molecule has 0 aliphatic heterocycles. The maximum atomic E-state index is 10.6. The average Bonchev–Trinajstić information content (AvgIpc) is 2.69. The minimum absolute atomic E-state index is 0.0194. The largest absolute Gasteiger partial charge is 0.290 e. The fourth-order valence-electron chi connectivity index (χ4n) is 1.25. The van der Waals surface area contributed by atoms with Gasteiger partial charge in [0.25, 0.3) is 5.69 Å². The summed E-state index contributed by atoms with van der Waals surface area (Å²) in [5.41, 5.74) is 0.589. The zero-order valence-corrected chi connectivity index (χ0v) is 7.99. The minimum atomic E-state index is -0.449. The number of aryl methyl sites for hydroxylation is 1. The molecule has 0 saturated heterocycles. The summed E-state index contributed by atoms with van der Waals surface area (Å²) >= 11 is 0. The zero-order valence-electron chi connectivity index (χ0n) is 7.99. The van der Waals surface area contributed by atoms with E-state index in [1.54, 1.807) is 36.1 Å². The third-order valence-corrected chi connectivity index (χ3v) is 2.00. The summed E-state index contributed by atoms with van der Waals surface area (Å²) in [7, 11) is 0. The van der Waals surface area contributed by atoms with Gasteiger partial charge in [-0.3, -0.25) is 10.1 Å². The number of pyridine rings is 1. The Morgan fingerprint density at radius 2 is 2.33 bits per heavy atom. The number of nitrogens with zero attached hydrogens (tertiary/aromatic N) is 4. The molecule has 0 aliphatic carbocycles. The first-order valence-electron chi connectivity index (χ1n) is 4.29. The van der Waals surface area contributed by atoms with E-state index in [0.717, 1.165) is 0 Å². The van der Waals surface area contributed by atoms with Crippen LogP contribution in [0.4, 0.5) is 5.69 Å². The van der Waals surface area contributed by atoms with Crippen molar-refractivity contribution in [1.29, 1.82) is 0 Å². The first kappa shape index (κ1) is 9.32. The topological polar surface area (TPSA) is 73.8 Å². The standard InChI is InChI=1S/C9H8N4O2/c1-7-5-9(12-4-2-3-11-12)10-6-8(7)13(14)15/h2-6H,1H3. The third kappa shape index (κ3) is 1.69. The Hall–Kier alpha value is -2.24. The number of hydrogen-bond acceptors (Lipinski definition) is 4. The average molecular weight is 204 g/mol. The maximum absolute atomic E-state index is 10.6. The van der Waals surface area contributed by atoms with Crippen molar-refractivity contribution in [2.45, 2.75) is 6.92 Å². The fourth-order valence-corrected chi connectivity index (χ4v) is 1.25. The normalized spacial score (nSPS) is 10.2. The van der Waals surface area contributed by atoms with E-state index in [-0.39, 0.29) is 5.69 Å². The summed E-state index contributed by atoms with van der Waals surface area (Å²) in [6, 6.07) is 3.39. The highest BCUT2D eigenvalue weighted by Gasteiger charge is 2.11. The molecule has 0 unspecified atom stereocenters. The lowest BCUT2D eigenvalue weighted by molar-refractivity contribution is -0.385. The van der Waals surface area contributed by atoms with Crippen LogP contribution in [0.25, 0.3) is 5.82 Å². The number of nitro groups is 1. The molecule has 0 bridgehead atoms. The Labute approximate surface area is 85.3 Å². The van der Waals surface area contributed by atoms with Gasteiger partial charge in [0.05, 0.1) is 4.92 Å². The first-order valence-corrected chi connectivity index (χ1v) is 4.29. The van der Waals surface area contributed by atoms with Gasteiger partial charge in [0.2, 0.25) is 0 Å². The Morgan fingerprint density at radius 3 is 2.87 bits per heavy atom. The van der Waals surface area contributed by atoms with Crippen molar-refractivity contribution in [1.82, 2.24) is 14.8 Å². The first-order chi connectivity index (χ1) is 7.18. The van der Waals surface area contributed by atoms with E-state index < -0.39 is 4.92 Å². The molecule has 0 radical (unpaired) electrons. The van der Waals surface area contributed by atoms with Crippen molar-refractivity contribution in [2.24, 2.45) is 0 Å². The monoisotopic (exact) mass is 204 g/mol. The summed E-state index contributed by atoms with van der Waals surface area (Å²) < 4.78 is 1.55. The molecule has 6 heteroatoms. The van der Waals surface area contributed by atoms with Gasteiger partial charge in [0.15, 0.2) is 5.82 Å². The van der Waals surface area contributed by atoms with Crippen LogP contribution in [-0.2, 0) is 0 Å². The molecule has 2 aromatic rings. The number of aromatic nitrogens is 3. The van der Waals surface area contributed by atoms with Crippen molar-refractivity contribution in [3.8, 4) is 5.82 Å². The van der Waals surface area contributed by atoms with Crippen molar-refractivity contribution >= 4 is 5.69 Å².